The zero-order valence-electron chi connectivity index (χ0n) is 15.0. The number of ether oxygens (including phenoxy) is 1. The van der Waals surface area contributed by atoms with E-state index in [0.717, 1.165) is 44.3 Å². The molecule has 0 amide bonds. The summed E-state index contributed by atoms with van der Waals surface area (Å²) < 4.78 is 6.03. The molecule has 3 nitrogen and oxygen atoms in total. The quantitative estimate of drug-likeness (QED) is 0.658. The molecule has 0 aromatic heterocycles. The van der Waals surface area contributed by atoms with E-state index in [2.05, 4.69) is 48.3 Å². The normalized spacial score (nSPS) is 19.0. The highest BCUT2D eigenvalue weighted by Gasteiger charge is 2.20. The lowest BCUT2D eigenvalue weighted by Gasteiger charge is -2.33. The van der Waals surface area contributed by atoms with Crippen LogP contribution in [0.5, 0.6) is 5.75 Å². The Morgan fingerprint density at radius 2 is 2.09 bits per heavy atom. The Morgan fingerprint density at radius 1 is 1.22 bits per heavy atom. The van der Waals surface area contributed by atoms with Gasteiger partial charge in [-0.1, -0.05) is 44.9 Å². The van der Waals surface area contributed by atoms with Crippen LogP contribution in [0.15, 0.2) is 24.3 Å². The van der Waals surface area contributed by atoms with Crippen LogP contribution >= 0.6 is 0 Å². The number of benzene rings is 1. The van der Waals surface area contributed by atoms with E-state index in [4.69, 9.17) is 4.74 Å². The van der Waals surface area contributed by atoms with Crippen molar-refractivity contribution in [1.82, 2.24) is 10.2 Å². The van der Waals surface area contributed by atoms with Gasteiger partial charge in [-0.15, -0.1) is 0 Å². The molecule has 1 unspecified atom stereocenters. The van der Waals surface area contributed by atoms with Gasteiger partial charge >= 0.3 is 0 Å². The second kappa shape index (κ2) is 10.7. The zero-order chi connectivity index (χ0) is 16.3. The molecule has 1 aromatic rings. The van der Waals surface area contributed by atoms with Gasteiger partial charge in [0.25, 0.3) is 0 Å². The van der Waals surface area contributed by atoms with Crippen LogP contribution in [0.2, 0.25) is 0 Å². The first-order valence-electron chi connectivity index (χ1n) is 9.47. The summed E-state index contributed by atoms with van der Waals surface area (Å²) >= 11 is 0. The van der Waals surface area contributed by atoms with Gasteiger partial charge in [-0.25, -0.2) is 0 Å². The third-order valence-electron chi connectivity index (χ3n) is 4.66. The van der Waals surface area contributed by atoms with Crippen LogP contribution in [0.4, 0.5) is 0 Å². The lowest BCUT2D eigenvalue weighted by molar-refractivity contribution is 0.163. The number of likely N-dealkylation sites (tertiary alicyclic amines) is 1. The third-order valence-corrected chi connectivity index (χ3v) is 4.66. The van der Waals surface area contributed by atoms with E-state index >= 15 is 0 Å². The molecule has 0 radical (unpaired) electrons. The van der Waals surface area contributed by atoms with Crippen molar-refractivity contribution in [2.75, 3.05) is 32.8 Å². The van der Waals surface area contributed by atoms with E-state index in [1.807, 2.05) is 0 Å². The molecule has 1 N–H and O–H groups in total. The lowest BCUT2D eigenvalue weighted by Crippen LogP contribution is -2.39. The van der Waals surface area contributed by atoms with Crippen LogP contribution in [-0.2, 0) is 6.54 Å². The SMILES string of the molecule is CCCCCOc1ccccc1CN1CCCC(CNCC)C1. The van der Waals surface area contributed by atoms with E-state index in [0.29, 0.717) is 0 Å². The minimum atomic E-state index is 0.793. The number of nitrogens with zero attached hydrogens (tertiary/aromatic N) is 1. The predicted octanol–water partition coefficient (Wildman–Crippen LogP) is 4.08. The fraction of sp³-hybridized carbons (Fsp3) is 0.700. The molecule has 1 saturated heterocycles. The summed E-state index contributed by atoms with van der Waals surface area (Å²) in [5.74, 6) is 1.87. The van der Waals surface area contributed by atoms with E-state index in [1.165, 1.54) is 44.3 Å². The van der Waals surface area contributed by atoms with Gasteiger partial charge in [-0.2, -0.15) is 0 Å². The Balaban J connectivity index is 1.86. The molecule has 130 valence electrons. The lowest BCUT2D eigenvalue weighted by atomic mass is 9.97. The molecule has 1 fully saturated rings. The van der Waals surface area contributed by atoms with E-state index in [-0.39, 0.29) is 0 Å². The van der Waals surface area contributed by atoms with Gasteiger partial charge in [0, 0.05) is 18.7 Å². The zero-order valence-corrected chi connectivity index (χ0v) is 15.0. The Hall–Kier alpha value is -1.06. The van der Waals surface area contributed by atoms with Crippen LogP contribution in [-0.4, -0.2) is 37.7 Å². The predicted molar refractivity (Wildman–Crippen MR) is 98.0 cm³/mol. The van der Waals surface area contributed by atoms with Crippen LogP contribution in [0.3, 0.4) is 0 Å². The summed E-state index contributed by atoms with van der Waals surface area (Å²) in [7, 11) is 0. The van der Waals surface area contributed by atoms with Crippen molar-refractivity contribution in [2.45, 2.75) is 52.5 Å². The first-order valence-corrected chi connectivity index (χ1v) is 9.47. The van der Waals surface area contributed by atoms with Gasteiger partial charge in [-0.05, 0) is 50.9 Å². The molecule has 1 heterocycles. The minimum Gasteiger partial charge on any atom is -0.493 e. The minimum absolute atomic E-state index is 0.793. The summed E-state index contributed by atoms with van der Waals surface area (Å²) in [6.45, 7) is 10.9. The maximum absolute atomic E-state index is 6.03. The maximum Gasteiger partial charge on any atom is 0.123 e. The Labute approximate surface area is 142 Å². The number of para-hydroxylation sites is 1. The average Bonchev–Trinajstić information content (AvgIpc) is 2.58. The Kier molecular flexibility index (Phi) is 8.48. The molecule has 1 aliphatic rings. The molecule has 1 aliphatic heterocycles. The van der Waals surface area contributed by atoms with Crippen molar-refractivity contribution < 1.29 is 4.74 Å². The van der Waals surface area contributed by atoms with Gasteiger partial charge in [0.05, 0.1) is 6.61 Å². The molecule has 1 atom stereocenters. The topological polar surface area (TPSA) is 24.5 Å². The monoisotopic (exact) mass is 318 g/mol. The standard InChI is InChI=1S/C20H34N2O/c1-3-5-8-14-23-20-12-7-6-11-19(20)17-22-13-9-10-18(16-22)15-21-4-2/h6-7,11-12,18,21H,3-5,8-10,13-17H2,1-2H3. The number of hydrogen-bond donors (Lipinski definition) is 1. The van der Waals surface area contributed by atoms with Crippen molar-refractivity contribution in [3.63, 3.8) is 0 Å². The highest BCUT2D eigenvalue weighted by molar-refractivity contribution is 5.33. The van der Waals surface area contributed by atoms with Gasteiger partial charge in [0.2, 0.25) is 0 Å². The number of unbranched alkanes of at least 4 members (excludes halogenated alkanes) is 2. The Bertz CT molecular complexity index is 435. The van der Waals surface area contributed by atoms with Gasteiger partial charge in [0.15, 0.2) is 0 Å². The highest BCUT2D eigenvalue weighted by atomic mass is 16.5. The number of piperidine rings is 1. The summed E-state index contributed by atoms with van der Waals surface area (Å²) in [5.41, 5.74) is 1.34. The van der Waals surface area contributed by atoms with Crippen molar-refractivity contribution in [2.24, 2.45) is 5.92 Å². The summed E-state index contributed by atoms with van der Waals surface area (Å²) in [5, 5.41) is 3.50. The summed E-state index contributed by atoms with van der Waals surface area (Å²) in [6.07, 6.45) is 6.32. The van der Waals surface area contributed by atoms with Crippen LogP contribution in [0.25, 0.3) is 0 Å². The van der Waals surface area contributed by atoms with E-state index < -0.39 is 0 Å². The molecular formula is C20H34N2O. The fourth-order valence-corrected chi connectivity index (χ4v) is 3.36. The number of hydrogen-bond acceptors (Lipinski definition) is 3. The van der Waals surface area contributed by atoms with Crippen molar-refractivity contribution >= 4 is 0 Å². The van der Waals surface area contributed by atoms with Gasteiger partial charge in [0.1, 0.15) is 5.75 Å². The fourth-order valence-electron chi connectivity index (χ4n) is 3.36. The third kappa shape index (κ3) is 6.52. The van der Waals surface area contributed by atoms with Crippen LogP contribution in [0.1, 0.15) is 51.5 Å². The first-order chi connectivity index (χ1) is 11.3. The molecule has 0 bridgehead atoms. The van der Waals surface area contributed by atoms with Gasteiger partial charge < -0.3 is 10.1 Å². The first kappa shape index (κ1) is 18.3. The second-order valence-electron chi connectivity index (χ2n) is 6.71. The molecular weight excluding hydrogens is 284 g/mol. The van der Waals surface area contributed by atoms with Crippen LogP contribution < -0.4 is 10.1 Å². The molecule has 2 rings (SSSR count). The van der Waals surface area contributed by atoms with Crippen LogP contribution in [0, 0.1) is 5.92 Å². The van der Waals surface area contributed by atoms with E-state index in [9.17, 15) is 0 Å². The summed E-state index contributed by atoms with van der Waals surface area (Å²) in [6, 6.07) is 8.57. The molecule has 0 aliphatic carbocycles. The smallest absolute Gasteiger partial charge is 0.123 e. The largest absolute Gasteiger partial charge is 0.493 e. The van der Waals surface area contributed by atoms with Crippen molar-refractivity contribution in [3.05, 3.63) is 29.8 Å². The second-order valence-corrected chi connectivity index (χ2v) is 6.71. The average molecular weight is 319 g/mol. The molecule has 23 heavy (non-hydrogen) atoms. The van der Waals surface area contributed by atoms with Gasteiger partial charge in [-0.3, -0.25) is 4.90 Å². The maximum atomic E-state index is 6.03. The molecule has 1 aromatic carbocycles. The number of nitrogens with one attached hydrogen (secondary N) is 1. The molecule has 0 spiro atoms. The molecule has 3 heteroatoms. The Morgan fingerprint density at radius 3 is 2.91 bits per heavy atom. The van der Waals surface area contributed by atoms with E-state index in [1.54, 1.807) is 0 Å². The summed E-state index contributed by atoms with van der Waals surface area (Å²) in [4.78, 5) is 2.60. The number of rotatable bonds is 10. The highest BCUT2D eigenvalue weighted by Crippen LogP contribution is 2.23. The molecule has 0 saturated carbocycles. The van der Waals surface area contributed by atoms with Crippen molar-refractivity contribution in [1.29, 1.82) is 0 Å². The van der Waals surface area contributed by atoms with Crippen molar-refractivity contribution in [3.8, 4) is 5.75 Å².